The number of piperidine rings is 1. The van der Waals surface area contributed by atoms with Gasteiger partial charge in [0, 0.05) is 42.6 Å². The van der Waals surface area contributed by atoms with E-state index in [2.05, 4.69) is 15.7 Å². The molecule has 1 aromatic heterocycles. The van der Waals surface area contributed by atoms with E-state index in [1.807, 2.05) is 0 Å². The normalized spacial score (nSPS) is 17.0. The van der Waals surface area contributed by atoms with Crippen LogP contribution in [0.15, 0.2) is 24.3 Å². The molecule has 178 valence electrons. The molecule has 1 aromatic carbocycles. The standard InChI is InChI=1S/C21H26FN5O4S2/c1-33(30,31)26-8-6-15(7-9-26)21(29)24-20-17-12-32-13-18(17)25-27(20)11-19(28)23-10-14-2-4-16(22)5-3-14/h2-5,15H,6-13H2,1H3,(H,23,28)(H,24,29). The van der Waals surface area contributed by atoms with Crippen molar-refractivity contribution in [3.8, 4) is 0 Å². The molecule has 9 nitrogen and oxygen atoms in total. The van der Waals surface area contributed by atoms with Gasteiger partial charge < -0.3 is 10.6 Å². The summed E-state index contributed by atoms with van der Waals surface area (Å²) in [5, 5.41) is 10.3. The number of anilines is 1. The predicted octanol–water partition coefficient (Wildman–Crippen LogP) is 1.70. The number of rotatable bonds is 7. The Bertz CT molecular complexity index is 1140. The number of amides is 2. The molecule has 3 heterocycles. The molecule has 0 spiro atoms. The average Bonchev–Trinajstić information content (AvgIpc) is 3.35. The molecular formula is C21H26FN5O4S2. The van der Waals surface area contributed by atoms with Crippen LogP contribution >= 0.6 is 11.8 Å². The second-order valence-corrected chi connectivity index (χ2v) is 11.2. The van der Waals surface area contributed by atoms with E-state index in [-0.39, 0.29) is 36.6 Å². The topological polar surface area (TPSA) is 113 Å². The molecule has 0 atom stereocenters. The SMILES string of the molecule is CS(=O)(=O)N1CCC(C(=O)Nc2c3c(nn2CC(=O)NCc2ccc(F)cc2)CSC3)CC1. The number of benzene rings is 1. The lowest BCUT2D eigenvalue weighted by Crippen LogP contribution is -2.41. The highest BCUT2D eigenvalue weighted by Gasteiger charge is 2.31. The van der Waals surface area contributed by atoms with E-state index in [0.717, 1.165) is 22.6 Å². The number of fused-ring (bicyclic) bond motifs is 1. The molecule has 2 N–H and O–H groups in total. The van der Waals surface area contributed by atoms with E-state index in [9.17, 15) is 22.4 Å². The Balaban J connectivity index is 1.39. The summed E-state index contributed by atoms with van der Waals surface area (Å²) >= 11 is 1.69. The molecule has 2 amide bonds. The summed E-state index contributed by atoms with van der Waals surface area (Å²) in [5.74, 6) is 0.854. The molecule has 0 saturated carbocycles. The lowest BCUT2D eigenvalue weighted by atomic mass is 9.97. The zero-order chi connectivity index (χ0) is 23.6. The number of nitrogens with zero attached hydrogens (tertiary/aromatic N) is 3. The van der Waals surface area contributed by atoms with Crippen molar-refractivity contribution in [2.75, 3.05) is 24.7 Å². The second-order valence-electron chi connectivity index (χ2n) is 8.25. The van der Waals surface area contributed by atoms with E-state index in [1.165, 1.54) is 27.4 Å². The molecule has 1 fully saturated rings. The first-order chi connectivity index (χ1) is 15.7. The Labute approximate surface area is 196 Å². The molecule has 0 aliphatic carbocycles. The first-order valence-corrected chi connectivity index (χ1v) is 13.6. The number of carbonyl (C=O) groups excluding carboxylic acids is 2. The van der Waals surface area contributed by atoms with Crippen molar-refractivity contribution in [2.24, 2.45) is 5.92 Å². The smallest absolute Gasteiger partial charge is 0.242 e. The van der Waals surface area contributed by atoms with Gasteiger partial charge in [0.2, 0.25) is 21.8 Å². The van der Waals surface area contributed by atoms with Gasteiger partial charge in [-0.1, -0.05) is 12.1 Å². The van der Waals surface area contributed by atoms with E-state index in [1.54, 1.807) is 23.9 Å². The summed E-state index contributed by atoms with van der Waals surface area (Å²) in [4.78, 5) is 25.5. The highest BCUT2D eigenvalue weighted by atomic mass is 32.2. The third kappa shape index (κ3) is 5.74. The molecule has 12 heteroatoms. The van der Waals surface area contributed by atoms with E-state index in [4.69, 9.17) is 0 Å². The van der Waals surface area contributed by atoms with Crippen LogP contribution in [0.4, 0.5) is 10.2 Å². The van der Waals surface area contributed by atoms with Gasteiger partial charge >= 0.3 is 0 Å². The van der Waals surface area contributed by atoms with Crippen LogP contribution in [-0.4, -0.2) is 53.7 Å². The van der Waals surface area contributed by atoms with Crippen molar-refractivity contribution in [3.63, 3.8) is 0 Å². The van der Waals surface area contributed by atoms with Crippen molar-refractivity contribution in [1.82, 2.24) is 19.4 Å². The molecule has 2 aliphatic heterocycles. The molecule has 2 aromatic rings. The molecule has 0 bridgehead atoms. The van der Waals surface area contributed by atoms with Gasteiger partial charge in [0.1, 0.15) is 18.2 Å². The molecular weight excluding hydrogens is 469 g/mol. The van der Waals surface area contributed by atoms with Gasteiger partial charge in [-0.15, -0.1) is 0 Å². The molecule has 2 aliphatic rings. The molecule has 0 unspecified atom stereocenters. The van der Waals surface area contributed by atoms with Crippen LogP contribution in [0.2, 0.25) is 0 Å². The van der Waals surface area contributed by atoms with Crippen LogP contribution in [0.25, 0.3) is 0 Å². The number of sulfonamides is 1. The second kappa shape index (κ2) is 9.82. The molecule has 4 rings (SSSR count). The average molecular weight is 496 g/mol. The summed E-state index contributed by atoms with van der Waals surface area (Å²) in [6, 6.07) is 5.89. The number of thioether (sulfide) groups is 1. The monoisotopic (exact) mass is 495 g/mol. The molecule has 0 radical (unpaired) electrons. The molecule has 1 saturated heterocycles. The maximum absolute atomic E-state index is 13.0. The Morgan fingerprint density at radius 1 is 1.18 bits per heavy atom. The third-order valence-corrected chi connectivity index (χ3v) is 8.12. The Morgan fingerprint density at radius 3 is 2.55 bits per heavy atom. The number of aromatic nitrogens is 2. The zero-order valence-corrected chi connectivity index (χ0v) is 19.8. The van der Waals surface area contributed by atoms with Crippen molar-refractivity contribution >= 4 is 39.4 Å². The van der Waals surface area contributed by atoms with Crippen LogP contribution in [0.3, 0.4) is 0 Å². The molecule has 33 heavy (non-hydrogen) atoms. The van der Waals surface area contributed by atoms with Gasteiger partial charge in [-0.2, -0.15) is 16.9 Å². The van der Waals surface area contributed by atoms with Crippen molar-refractivity contribution in [1.29, 1.82) is 0 Å². The van der Waals surface area contributed by atoms with Gasteiger partial charge in [-0.3, -0.25) is 9.59 Å². The summed E-state index contributed by atoms with van der Waals surface area (Å²) in [6.45, 7) is 0.837. The first-order valence-electron chi connectivity index (χ1n) is 10.6. The van der Waals surface area contributed by atoms with Crippen LogP contribution in [-0.2, 0) is 44.2 Å². The van der Waals surface area contributed by atoms with Gasteiger partial charge in [-0.25, -0.2) is 21.8 Å². The number of carbonyl (C=O) groups is 2. The Morgan fingerprint density at radius 2 is 1.88 bits per heavy atom. The fourth-order valence-corrected chi connectivity index (χ4v) is 5.89. The summed E-state index contributed by atoms with van der Waals surface area (Å²) < 4.78 is 39.4. The lowest BCUT2D eigenvalue weighted by Gasteiger charge is -2.29. The minimum Gasteiger partial charge on any atom is -0.350 e. The number of hydrogen-bond acceptors (Lipinski definition) is 6. The zero-order valence-electron chi connectivity index (χ0n) is 18.2. The summed E-state index contributed by atoms with van der Waals surface area (Å²) in [7, 11) is -3.26. The maximum Gasteiger partial charge on any atom is 0.242 e. The van der Waals surface area contributed by atoms with Gasteiger partial charge in [0.25, 0.3) is 0 Å². The van der Waals surface area contributed by atoms with Gasteiger partial charge in [-0.05, 0) is 30.5 Å². The third-order valence-electron chi connectivity index (χ3n) is 5.85. The minimum atomic E-state index is -3.26. The largest absolute Gasteiger partial charge is 0.350 e. The summed E-state index contributed by atoms with van der Waals surface area (Å²) in [5.41, 5.74) is 2.56. The fourth-order valence-electron chi connectivity index (χ4n) is 3.98. The Kier molecular flexibility index (Phi) is 7.05. The number of halogens is 1. The van der Waals surface area contributed by atoms with Gasteiger partial charge in [0.05, 0.1) is 11.9 Å². The van der Waals surface area contributed by atoms with Crippen LogP contribution in [0, 0.1) is 11.7 Å². The van der Waals surface area contributed by atoms with Crippen molar-refractivity contribution in [3.05, 3.63) is 46.9 Å². The van der Waals surface area contributed by atoms with Crippen LogP contribution in [0.1, 0.15) is 29.7 Å². The predicted molar refractivity (Wildman–Crippen MR) is 123 cm³/mol. The number of nitrogens with one attached hydrogen (secondary N) is 2. The quantitative estimate of drug-likeness (QED) is 0.605. The van der Waals surface area contributed by atoms with Crippen molar-refractivity contribution < 1.29 is 22.4 Å². The van der Waals surface area contributed by atoms with Crippen LogP contribution in [0.5, 0.6) is 0 Å². The fraction of sp³-hybridized carbons (Fsp3) is 0.476. The minimum absolute atomic E-state index is 0.0546. The van der Waals surface area contributed by atoms with Gasteiger partial charge in [0.15, 0.2) is 0 Å². The lowest BCUT2D eigenvalue weighted by molar-refractivity contribution is -0.122. The maximum atomic E-state index is 13.0. The number of hydrogen-bond donors (Lipinski definition) is 2. The van der Waals surface area contributed by atoms with E-state index >= 15 is 0 Å². The highest BCUT2D eigenvalue weighted by molar-refractivity contribution is 7.98. The Hall–Kier alpha value is -2.44. The highest BCUT2D eigenvalue weighted by Crippen LogP contribution is 2.35. The van der Waals surface area contributed by atoms with Crippen molar-refractivity contribution in [2.45, 2.75) is 37.4 Å². The van der Waals surface area contributed by atoms with Crippen LogP contribution < -0.4 is 10.6 Å². The summed E-state index contributed by atoms with van der Waals surface area (Å²) in [6.07, 6.45) is 2.07. The van der Waals surface area contributed by atoms with E-state index < -0.39 is 10.0 Å². The first kappa shape index (κ1) is 23.7. The van der Waals surface area contributed by atoms with E-state index in [0.29, 0.717) is 37.5 Å².